The van der Waals surface area contributed by atoms with Gasteiger partial charge in [-0.1, -0.05) is 11.2 Å². The number of hydrogen-bond donors (Lipinski definition) is 1. The lowest BCUT2D eigenvalue weighted by molar-refractivity contribution is 0.174. The maximum atomic E-state index is 12.6. The fourth-order valence-corrected chi connectivity index (χ4v) is 4.20. The number of likely N-dealkylation sites (N-methyl/N-ethyl adjacent to an activating group) is 1. The molecule has 2 aromatic rings. The first-order chi connectivity index (χ1) is 11.8. The summed E-state index contributed by atoms with van der Waals surface area (Å²) in [5, 5.41) is 3.71. The molecule has 1 aliphatic heterocycles. The fourth-order valence-electron chi connectivity index (χ4n) is 2.84. The van der Waals surface area contributed by atoms with Crippen molar-refractivity contribution in [1.29, 1.82) is 0 Å². The van der Waals surface area contributed by atoms with Gasteiger partial charge in [0.05, 0.1) is 0 Å². The van der Waals surface area contributed by atoms with Gasteiger partial charge in [0, 0.05) is 12.6 Å². The maximum absolute atomic E-state index is 12.6. The van der Waals surface area contributed by atoms with Gasteiger partial charge < -0.3 is 18.9 Å². The van der Waals surface area contributed by atoms with E-state index in [0.29, 0.717) is 17.2 Å². The van der Waals surface area contributed by atoms with Gasteiger partial charge in [-0.2, -0.15) is 0 Å². The minimum absolute atomic E-state index is 0.0932. The van der Waals surface area contributed by atoms with Gasteiger partial charge in [-0.25, -0.2) is 13.1 Å². The standard InChI is InChI=1S/C16H21N3O5S/c1-10-16(11(2)24-18-10)25(20,21)17-8-13(19(3)4)12-5-6-14-15(7-12)23-9-22-14/h5-7,13,17H,8-9H2,1-4H3. The Bertz CT molecular complexity index is 856. The first-order valence-corrected chi connectivity index (χ1v) is 9.26. The number of aryl methyl sites for hydroxylation is 2. The van der Waals surface area contributed by atoms with E-state index >= 15 is 0 Å². The molecular weight excluding hydrogens is 346 g/mol. The Hall–Kier alpha value is -2.10. The van der Waals surface area contributed by atoms with E-state index in [9.17, 15) is 8.42 Å². The van der Waals surface area contributed by atoms with Gasteiger partial charge in [0.15, 0.2) is 17.3 Å². The zero-order chi connectivity index (χ0) is 18.2. The summed E-state index contributed by atoms with van der Waals surface area (Å²) in [6.45, 7) is 3.57. The molecule has 0 bridgehead atoms. The van der Waals surface area contributed by atoms with E-state index in [2.05, 4.69) is 9.88 Å². The highest BCUT2D eigenvalue weighted by Crippen LogP contribution is 2.35. The predicted molar refractivity (Wildman–Crippen MR) is 90.2 cm³/mol. The summed E-state index contributed by atoms with van der Waals surface area (Å²) in [4.78, 5) is 2.03. The molecule has 1 aromatic heterocycles. The molecule has 9 heteroatoms. The topological polar surface area (TPSA) is 93.9 Å². The molecule has 136 valence electrons. The van der Waals surface area contributed by atoms with Crippen molar-refractivity contribution in [2.45, 2.75) is 24.8 Å². The van der Waals surface area contributed by atoms with E-state index in [0.717, 1.165) is 5.56 Å². The van der Waals surface area contributed by atoms with Crippen LogP contribution in [0.4, 0.5) is 0 Å². The molecule has 1 aromatic carbocycles. The second-order valence-corrected chi connectivity index (χ2v) is 7.80. The van der Waals surface area contributed by atoms with Gasteiger partial charge >= 0.3 is 0 Å². The Balaban J connectivity index is 1.81. The molecule has 0 fully saturated rings. The van der Waals surface area contributed by atoms with Crippen LogP contribution in [0.25, 0.3) is 0 Å². The molecule has 3 rings (SSSR count). The summed E-state index contributed by atoms with van der Waals surface area (Å²) in [7, 11) is 0.0615. The molecule has 25 heavy (non-hydrogen) atoms. The van der Waals surface area contributed by atoms with Crippen molar-refractivity contribution < 1.29 is 22.4 Å². The molecule has 0 saturated carbocycles. The Labute approximate surface area is 146 Å². The Kier molecular flexibility index (Phi) is 4.72. The van der Waals surface area contributed by atoms with Crippen LogP contribution in [0.5, 0.6) is 11.5 Å². The van der Waals surface area contributed by atoms with Crippen LogP contribution in [0.15, 0.2) is 27.6 Å². The largest absolute Gasteiger partial charge is 0.454 e. The van der Waals surface area contributed by atoms with Crippen LogP contribution in [0.1, 0.15) is 23.1 Å². The summed E-state index contributed by atoms with van der Waals surface area (Å²) < 4.78 is 43.5. The number of sulfonamides is 1. The smallest absolute Gasteiger partial charge is 0.246 e. The zero-order valence-electron chi connectivity index (χ0n) is 14.6. The number of ether oxygens (including phenoxy) is 2. The van der Waals surface area contributed by atoms with Gasteiger partial charge in [0.1, 0.15) is 10.6 Å². The van der Waals surface area contributed by atoms with Crippen LogP contribution in [-0.4, -0.2) is 45.9 Å². The second-order valence-electron chi connectivity index (χ2n) is 6.10. The van der Waals surface area contributed by atoms with Gasteiger partial charge in [0.25, 0.3) is 0 Å². The van der Waals surface area contributed by atoms with Crippen molar-refractivity contribution >= 4 is 10.0 Å². The van der Waals surface area contributed by atoms with E-state index < -0.39 is 10.0 Å². The van der Waals surface area contributed by atoms with Gasteiger partial charge in [0.2, 0.25) is 16.8 Å². The van der Waals surface area contributed by atoms with Crippen molar-refractivity contribution in [3.05, 3.63) is 35.2 Å². The third-order valence-electron chi connectivity index (χ3n) is 4.11. The molecule has 0 radical (unpaired) electrons. The minimum atomic E-state index is -3.72. The summed E-state index contributed by atoms with van der Waals surface area (Å²) in [5.74, 6) is 1.63. The van der Waals surface area contributed by atoms with E-state index in [-0.39, 0.29) is 30.0 Å². The van der Waals surface area contributed by atoms with Gasteiger partial charge in [-0.05, 0) is 45.6 Å². The lowest BCUT2D eigenvalue weighted by Gasteiger charge is -2.25. The van der Waals surface area contributed by atoms with Crippen molar-refractivity contribution in [2.75, 3.05) is 27.4 Å². The number of fused-ring (bicyclic) bond motifs is 1. The minimum Gasteiger partial charge on any atom is -0.454 e. The van der Waals surface area contributed by atoms with E-state index in [1.807, 2.05) is 37.2 Å². The molecule has 1 atom stereocenters. The number of rotatable bonds is 6. The van der Waals surface area contributed by atoms with Crippen LogP contribution in [-0.2, 0) is 10.0 Å². The van der Waals surface area contributed by atoms with Crippen LogP contribution >= 0.6 is 0 Å². The van der Waals surface area contributed by atoms with E-state index in [1.165, 1.54) is 0 Å². The third kappa shape index (κ3) is 3.48. The molecule has 0 aliphatic carbocycles. The molecular formula is C16H21N3O5S. The lowest BCUT2D eigenvalue weighted by Crippen LogP contribution is -2.34. The van der Waals surface area contributed by atoms with Crippen LogP contribution < -0.4 is 14.2 Å². The first kappa shape index (κ1) is 17.7. The molecule has 1 unspecified atom stereocenters. The highest BCUT2D eigenvalue weighted by molar-refractivity contribution is 7.89. The SMILES string of the molecule is Cc1noc(C)c1S(=O)(=O)NCC(c1ccc2c(c1)OCO2)N(C)C. The van der Waals surface area contributed by atoms with E-state index in [1.54, 1.807) is 13.8 Å². The highest BCUT2D eigenvalue weighted by atomic mass is 32.2. The number of nitrogens with one attached hydrogen (secondary N) is 1. The Morgan fingerprint density at radius 3 is 2.60 bits per heavy atom. The van der Waals surface area contributed by atoms with Gasteiger partial charge in [-0.3, -0.25) is 0 Å². The Morgan fingerprint density at radius 2 is 1.96 bits per heavy atom. The number of hydrogen-bond acceptors (Lipinski definition) is 7. The average Bonchev–Trinajstić information content (AvgIpc) is 3.13. The van der Waals surface area contributed by atoms with Crippen molar-refractivity contribution in [3.8, 4) is 11.5 Å². The fraction of sp³-hybridized carbons (Fsp3) is 0.438. The molecule has 0 amide bonds. The molecule has 1 N–H and O–H groups in total. The molecule has 0 saturated heterocycles. The van der Waals surface area contributed by atoms with Crippen LogP contribution in [0.2, 0.25) is 0 Å². The van der Waals surface area contributed by atoms with E-state index in [4.69, 9.17) is 14.0 Å². The third-order valence-corrected chi connectivity index (χ3v) is 5.78. The van der Waals surface area contributed by atoms with Gasteiger partial charge in [-0.15, -0.1) is 0 Å². The Morgan fingerprint density at radius 1 is 1.24 bits per heavy atom. The number of aromatic nitrogens is 1. The average molecular weight is 367 g/mol. The molecule has 2 heterocycles. The number of nitrogens with zero attached hydrogens (tertiary/aromatic N) is 2. The molecule has 1 aliphatic rings. The monoisotopic (exact) mass is 367 g/mol. The first-order valence-electron chi connectivity index (χ1n) is 7.78. The normalized spacial score (nSPS) is 14.9. The second kappa shape index (κ2) is 6.66. The predicted octanol–water partition coefficient (Wildman–Crippen LogP) is 1.60. The summed E-state index contributed by atoms with van der Waals surface area (Å²) >= 11 is 0. The lowest BCUT2D eigenvalue weighted by atomic mass is 10.1. The summed E-state index contributed by atoms with van der Waals surface area (Å²) in [6.07, 6.45) is 0. The maximum Gasteiger partial charge on any atom is 0.246 e. The summed E-state index contributed by atoms with van der Waals surface area (Å²) in [5.41, 5.74) is 1.27. The quantitative estimate of drug-likeness (QED) is 0.829. The highest BCUT2D eigenvalue weighted by Gasteiger charge is 2.26. The summed E-state index contributed by atoms with van der Waals surface area (Å²) in [6, 6.07) is 5.43. The number of benzene rings is 1. The van der Waals surface area contributed by atoms with Crippen molar-refractivity contribution in [2.24, 2.45) is 0 Å². The molecule has 8 nitrogen and oxygen atoms in total. The van der Waals surface area contributed by atoms with Crippen LogP contribution in [0.3, 0.4) is 0 Å². The molecule has 0 spiro atoms. The van der Waals surface area contributed by atoms with Crippen molar-refractivity contribution in [3.63, 3.8) is 0 Å². The zero-order valence-corrected chi connectivity index (χ0v) is 15.4. The van der Waals surface area contributed by atoms with Crippen LogP contribution in [0, 0.1) is 13.8 Å². The van der Waals surface area contributed by atoms with Crippen molar-refractivity contribution in [1.82, 2.24) is 14.8 Å².